The van der Waals surface area contributed by atoms with E-state index in [2.05, 4.69) is 252 Å². The summed E-state index contributed by atoms with van der Waals surface area (Å²) < 4.78 is 6.92. The lowest BCUT2D eigenvalue weighted by Crippen LogP contribution is -2.09. The standard InChI is InChI=1S/C62H40N2O/c1-3-16-50(17-4-1)63(54-34-26-41-12-7-9-14-45(41)37-54)52-30-24-43(25-31-52)49-36-47-22-23-48-39-57(56-20-11-21-58-62(56)61(48)60(47)59(40-49)65-58)44-28-32-53(33-29-44)64(51-18-5-2-6-19-51)55-35-27-42-13-8-10-15-46(42)38-55/h1-40H. The fraction of sp³-hybridized carbons (Fsp3) is 0. The molecule has 304 valence electrons. The molecule has 1 heterocycles. The van der Waals surface area contributed by atoms with Crippen LogP contribution >= 0.6 is 0 Å². The van der Waals surface area contributed by atoms with E-state index in [0.29, 0.717) is 0 Å². The smallest absolute Gasteiger partial charge is 0.136 e. The number of anilines is 6. The zero-order valence-electron chi connectivity index (χ0n) is 35.4. The van der Waals surface area contributed by atoms with E-state index in [1.165, 1.54) is 48.7 Å². The van der Waals surface area contributed by atoms with Crippen molar-refractivity contribution in [1.82, 2.24) is 0 Å². The number of ether oxygens (including phenoxy) is 1. The SMILES string of the molecule is c1ccc(N(c2ccc(-c3cc4c5c(ccc6cc(-c7ccc(N(c8ccccc8)c8ccc9ccccc9c8)cc7)c7cccc(c7c65)O4)c3)cc2)c2ccc3ccccc3c2)cc1. The topological polar surface area (TPSA) is 15.7 Å². The van der Waals surface area contributed by atoms with Gasteiger partial charge >= 0.3 is 0 Å². The molecule has 12 aromatic rings. The van der Waals surface area contributed by atoms with Gasteiger partial charge in [0.15, 0.2) is 0 Å². The highest BCUT2D eigenvalue weighted by Gasteiger charge is 2.23. The molecule has 0 bridgehead atoms. The van der Waals surface area contributed by atoms with E-state index < -0.39 is 0 Å². The van der Waals surface area contributed by atoms with Crippen molar-refractivity contribution in [1.29, 1.82) is 0 Å². The number of benzene rings is 12. The highest BCUT2D eigenvalue weighted by molar-refractivity contribution is 6.28. The first-order valence-electron chi connectivity index (χ1n) is 22.2. The van der Waals surface area contributed by atoms with Crippen molar-refractivity contribution < 1.29 is 4.74 Å². The first-order valence-corrected chi connectivity index (χ1v) is 22.2. The van der Waals surface area contributed by atoms with E-state index in [1.807, 2.05) is 0 Å². The monoisotopic (exact) mass is 828 g/mol. The van der Waals surface area contributed by atoms with Gasteiger partial charge in [0.1, 0.15) is 11.5 Å². The van der Waals surface area contributed by atoms with Gasteiger partial charge in [-0.3, -0.25) is 0 Å². The average molecular weight is 829 g/mol. The van der Waals surface area contributed by atoms with Crippen LogP contribution in [-0.4, -0.2) is 0 Å². The molecule has 0 amide bonds. The molecular weight excluding hydrogens is 789 g/mol. The quantitative estimate of drug-likeness (QED) is 0.142. The second kappa shape index (κ2) is 15.0. The molecule has 0 aromatic heterocycles. The van der Waals surface area contributed by atoms with E-state index in [-0.39, 0.29) is 0 Å². The Hall–Kier alpha value is -8.66. The molecule has 0 unspecified atom stereocenters. The summed E-state index contributed by atoms with van der Waals surface area (Å²) in [5.74, 6) is 1.78. The number of nitrogens with zero attached hydrogens (tertiary/aromatic N) is 2. The van der Waals surface area contributed by atoms with Crippen LogP contribution in [0.15, 0.2) is 243 Å². The minimum Gasteiger partial charge on any atom is -0.456 e. The Labute approximate surface area is 377 Å². The Kier molecular flexibility index (Phi) is 8.53. The van der Waals surface area contributed by atoms with Crippen molar-refractivity contribution >= 4 is 88.0 Å². The van der Waals surface area contributed by atoms with Gasteiger partial charge in [-0.05, 0) is 157 Å². The average Bonchev–Trinajstić information content (AvgIpc) is 3.37. The predicted molar refractivity (Wildman–Crippen MR) is 274 cm³/mol. The lowest BCUT2D eigenvalue weighted by molar-refractivity contribution is 0.493. The molecule has 3 heteroatoms. The summed E-state index contributed by atoms with van der Waals surface area (Å²) in [6.07, 6.45) is 0. The van der Waals surface area contributed by atoms with E-state index in [9.17, 15) is 0 Å². The summed E-state index contributed by atoms with van der Waals surface area (Å²) in [6.45, 7) is 0. The van der Waals surface area contributed by atoms with Crippen LogP contribution < -0.4 is 14.5 Å². The lowest BCUT2D eigenvalue weighted by atomic mass is 9.88. The van der Waals surface area contributed by atoms with E-state index in [1.54, 1.807) is 0 Å². The normalized spacial score (nSPS) is 11.8. The van der Waals surface area contributed by atoms with Crippen molar-refractivity contribution in [3.05, 3.63) is 243 Å². The number of hydrogen-bond acceptors (Lipinski definition) is 3. The largest absolute Gasteiger partial charge is 0.456 e. The van der Waals surface area contributed by atoms with Gasteiger partial charge in [0, 0.05) is 50.3 Å². The maximum absolute atomic E-state index is 6.92. The third-order valence-corrected chi connectivity index (χ3v) is 13.1. The van der Waals surface area contributed by atoms with Crippen LogP contribution in [0.1, 0.15) is 0 Å². The molecule has 1 aliphatic rings. The summed E-state index contributed by atoms with van der Waals surface area (Å²) in [5.41, 5.74) is 11.3. The van der Waals surface area contributed by atoms with Gasteiger partial charge in [-0.1, -0.05) is 146 Å². The number of hydrogen-bond donors (Lipinski definition) is 0. The third kappa shape index (κ3) is 6.28. The third-order valence-electron chi connectivity index (χ3n) is 13.1. The van der Waals surface area contributed by atoms with Crippen LogP contribution in [0, 0.1) is 0 Å². The second-order valence-corrected chi connectivity index (χ2v) is 16.9. The summed E-state index contributed by atoms with van der Waals surface area (Å²) in [4.78, 5) is 4.66. The molecule has 1 aliphatic heterocycles. The van der Waals surface area contributed by atoms with Gasteiger partial charge in [0.05, 0.1) is 0 Å². The summed E-state index contributed by atoms with van der Waals surface area (Å²) in [5, 5.41) is 12.0. The summed E-state index contributed by atoms with van der Waals surface area (Å²) in [6, 6.07) is 87.5. The van der Waals surface area contributed by atoms with Crippen molar-refractivity contribution in [3.63, 3.8) is 0 Å². The number of fused-ring (bicyclic) bond motifs is 2. The van der Waals surface area contributed by atoms with Crippen molar-refractivity contribution in [2.45, 2.75) is 0 Å². The molecule has 0 N–H and O–H groups in total. The Balaban J connectivity index is 0.872. The van der Waals surface area contributed by atoms with Crippen LogP contribution in [-0.2, 0) is 0 Å². The highest BCUT2D eigenvalue weighted by Crippen LogP contribution is 2.51. The maximum atomic E-state index is 6.92. The van der Waals surface area contributed by atoms with E-state index >= 15 is 0 Å². The first-order chi connectivity index (χ1) is 32.2. The summed E-state index contributed by atoms with van der Waals surface area (Å²) in [7, 11) is 0. The highest BCUT2D eigenvalue weighted by atomic mass is 16.5. The zero-order valence-corrected chi connectivity index (χ0v) is 35.4. The Morgan fingerprint density at radius 3 is 1.31 bits per heavy atom. The molecule has 0 aliphatic carbocycles. The van der Waals surface area contributed by atoms with Crippen molar-refractivity contribution in [2.24, 2.45) is 0 Å². The van der Waals surface area contributed by atoms with Gasteiger partial charge in [0.25, 0.3) is 0 Å². The maximum Gasteiger partial charge on any atom is 0.136 e. The Morgan fingerprint density at radius 2 is 0.723 bits per heavy atom. The van der Waals surface area contributed by atoms with Crippen LogP contribution in [0.4, 0.5) is 34.1 Å². The molecule has 3 nitrogen and oxygen atoms in total. The van der Waals surface area contributed by atoms with Crippen LogP contribution in [0.25, 0.3) is 76.1 Å². The lowest BCUT2D eigenvalue weighted by Gasteiger charge is -2.26. The fourth-order valence-corrected chi connectivity index (χ4v) is 10.0. The molecule has 0 fully saturated rings. The minimum atomic E-state index is 0.888. The zero-order chi connectivity index (χ0) is 42.8. The molecular formula is C62H40N2O. The molecule has 0 radical (unpaired) electrons. The van der Waals surface area contributed by atoms with Gasteiger partial charge in [-0.2, -0.15) is 0 Å². The molecule has 12 aromatic carbocycles. The van der Waals surface area contributed by atoms with Gasteiger partial charge < -0.3 is 14.5 Å². The second-order valence-electron chi connectivity index (χ2n) is 16.9. The predicted octanol–water partition coefficient (Wildman–Crippen LogP) is 17.8. The molecule has 0 saturated heterocycles. The number of para-hydroxylation sites is 2. The van der Waals surface area contributed by atoms with Gasteiger partial charge in [-0.15, -0.1) is 0 Å². The Morgan fingerprint density at radius 1 is 0.246 bits per heavy atom. The van der Waals surface area contributed by atoms with Crippen LogP contribution in [0.2, 0.25) is 0 Å². The Bertz CT molecular complexity index is 3790. The fourth-order valence-electron chi connectivity index (χ4n) is 10.0. The molecule has 0 saturated carbocycles. The minimum absolute atomic E-state index is 0.888. The van der Waals surface area contributed by atoms with Crippen molar-refractivity contribution in [2.75, 3.05) is 9.80 Å². The van der Waals surface area contributed by atoms with Crippen molar-refractivity contribution in [3.8, 4) is 33.8 Å². The molecule has 65 heavy (non-hydrogen) atoms. The molecule has 13 rings (SSSR count). The molecule has 0 spiro atoms. The first kappa shape index (κ1) is 36.9. The number of rotatable bonds is 8. The van der Waals surface area contributed by atoms with E-state index in [4.69, 9.17) is 4.74 Å². The van der Waals surface area contributed by atoms with Crippen LogP contribution in [0.3, 0.4) is 0 Å². The summed E-state index contributed by atoms with van der Waals surface area (Å²) >= 11 is 0. The van der Waals surface area contributed by atoms with Crippen LogP contribution in [0.5, 0.6) is 11.5 Å². The van der Waals surface area contributed by atoms with E-state index in [0.717, 1.165) is 73.1 Å². The van der Waals surface area contributed by atoms with Gasteiger partial charge in [-0.25, -0.2) is 0 Å². The molecule has 0 atom stereocenters. The van der Waals surface area contributed by atoms with Gasteiger partial charge in [0.2, 0.25) is 0 Å².